The van der Waals surface area contributed by atoms with Crippen LogP contribution in [0.1, 0.15) is 22.5 Å². The summed E-state index contributed by atoms with van der Waals surface area (Å²) >= 11 is 4.73. The van der Waals surface area contributed by atoms with Gasteiger partial charge in [-0.2, -0.15) is 0 Å². The maximum absolute atomic E-state index is 12.6. The summed E-state index contributed by atoms with van der Waals surface area (Å²) < 4.78 is 5.98. The van der Waals surface area contributed by atoms with Gasteiger partial charge in [-0.3, -0.25) is 9.59 Å². The van der Waals surface area contributed by atoms with Crippen molar-refractivity contribution >= 4 is 51.5 Å². The molecule has 3 N–H and O–H groups in total. The van der Waals surface area contributed by atoms with E-state index >= 15 is 0 Å². The van der Waals surface area contributed by atoms with Crippen LogP contribution in [0, 0.1) is 5.92 Å². The van der Waals surface area contributed by atoms with Crippen LogP contribution in [0.5, 0.6) is 5.75 Å². The van der Waals surface area contributed by atoms with Crippen LogP contribution in [0.4, 0.5) is 0 Å². The average molecular weight is 427 g/mol. The van der Waals surface area contributed by atoms with Gasteiger partial charge in [0.2, 0.25) is 5.91 Å². The second-order valence-electron chi connectivity index (χ2n) is 5.12. The molecule has 1 unspecified atom stereocenters. The lowest BCUT2D eigenvalue weighted by Gasteiger charge is -2.31. The summed E-state index contributed by atoms with van der Waals surface area (Å²) in [5.74, 6) is 0.426. The molecule has 1 fully saturated rings. The van der Waals surface area contributed by atoms with Crippen LogP contribution >= 0.6 is 39.7 Å². The Kier molecular flexibility index (Phi) is 8.32. The Hall–Kier alpha value is -0.830. The van der Waals surface area contributed by atoms with Crippen LogP contribution in [-0.4, -0.2) is 50.0 Å². The molecule has 0 aromatic carbocycles. The van der Waals surface area contributed by atoms with Crippen molar-refractivity contribution in [3.05, 3.63) is 14.7 Å². The fourth-order valence-corrected chi connectivity index (χ4v) is 4.09. The molecule has 0 spiro atoms. The topological polar surface area (TPSA) is 84.7 Å². The predicted octanol–water partition coefficient (Wildman–Crippen LogP) is 1.87. The molecule has 2 rings (SSSR count). The van der Waals surface area contributed by atoms with E-state index in [9.17, 15) is 9.59 Å². The van der Waals surface area contributed by atoms with Gasteiger partial charge in [0.05, 0.1) is 17.9 Å². The molecule has 1 aromatic heterocycles. The number of carbonyl (C=O) groups is 2. The monoisotopic (exact) mass is 425 g/mol. The van der Waals surface area contributed by atoms with Gasteiger partial charge in [-0.1, -0.05) is 0 Å². The van der Waals surface area contributed by atoms with E-state index in [1.807, 2.05) is 0 Å². The number of methoxy groups -OCH3 is 1. The zero-order valence-corrected chi connectivity index (χ0v) is 16.1. The van der Waals surface area contributed by atoms with Crippen LogP contribution in [0.15, 0.2) is 9.85 Å². The van der Waals surface area contributed by atoms with Crippen LogP contribution in [0.3, 0.4) is 0 Å². The molecule has 9 heteroatoms. The smallest absolute Gasteiger partial charge is 0.264 e. The number of nitrogens with one attached hydrogen (secondary N) is 1. The number of ether oxygens (including phenoxy) is 1. The van der Waals surface area contributed by atoms with Crippen molar-refractivity contribution in [2.75, 3.05) is 33.3 Å². The van der Waals surface area contributed by atoms with Crippen molar-refractivity contribution in [2.24, 2.45) is 11.7 Å². The number of hydrogen-bond acceptors (Lipinski definition) is 5. The van der Waals surface area contributed by atoms with Crippen LogP contribution in [-0.2, 0) is 4.79 Å². The Bertz CT molecular complexity index is 555. The van der Waals surface area contributed by atoms with Gasteiger partial charge in [-0.15, -0.1) is 23.7 Å². The first-order valence-electron chi connectivity index (χ1n) is 7.17. The van der Waals surface area contributed by atoms with E-state index in [1.54, 1.807) is 18.1 Å². The molecule has 0 radical (unpaired) electrons. The summed E-state index contributed by atoms with van der Waals surface area (Å²) in [6.45, 7) is 2.02. The van der Waals surface area contributed by atoms with Crippen molar-refractivity contribution in [1.29, 1.82) is 0 Å². The maximum Gasteiger partial charge on any atom is 0.264 e. The zero-order chi connectivity index (χ0) is 16.1. The predicted molar refractivity (Wildman–Crippen MR) is 96.5 cm³/mol. The molecule has 0 aliphatic carbocycles. The molecule has 2 heterocycles. The number of carbonyl (C=O) groups excluding carboxylic acids is 2. The lowest BCUT2D eigenvalue weighted by Crippen LogP contribution is -2.46. The highest BCUT2D eigenvalue weighted by molar-refractivity contribution is 9.11. The van der Waals surface area contributed by atoms with Gasteiger partial charge in [-0.05, 0) is 28.8 Å². The number of hydrogen-bond donors (Lipinski definition) is 2. The summed E-state index contributed by atoms with van der Waals surface area (Å²) in [5, 5.41) is 2.80. The standard InChI is InChI=1S/C14H20BrN3O3S.ClH/c1-21-10-7-11(22-12(10)15)14(20)18-6-2-3-9(8-18)13(19)17-5-4-16;/h7,9H,2-6,8,16H2,1H3,(H,17,19);1H. The van der Waals surface area contributed by atoms with Crippen molar-refractivity contribution in [1.82, 2.24) is 10.2 Å². The Morgan fingerprint density at radius 1 is 1.57 bits per heavy atom. The van der Waals surface area contributed by atoms with Gasteiger partial charge in [0.1, 0.15) is 9.54 Å². The minimum atomic E-state index is -0.158. The van der Waals surface area contributed by atoms with E-state index in [-0.39, 0.29) is 30.1 Å². The fraction of sp³-hybridized carbons (Fsp3) is 0.571. The molecule has 2 amide bonds. The highest BCUT2D eigenvalue weighted by Crippen LogP contribution is 2.35. The molecule has 0 bridgehead atoms. The third-order valence-electron chi connectivity index (χ3n) is 3.61. The number of rotatable bonds is 5. The van der Waals surface area contributed by atoms with Gasteiger partial charge in [-0.25, -0.2) is 0 Å². The highest BCUT2D eigenvalue weighted by Gasteiger charge is 2.29. The quantitative estimate of drug-likeness (QED) is 0.753. The first-order valence-corrected chi connectivity index (χ1v) is 8.78. The normalized spacial score (nSPS) is 17.3. The Morgan fingerprint density at radius 2 is 2.30 bits per heavy atom. The Balaban J connectivity index is 0.00000264. The molecule has 1 aliphatic rings. The van der Waals surface area contributed by atoms with E-state index in [4.69, 9.17) is 10.5 Å². The molecule has 23 heavy (non-hydrogen) atoms. The number of nitrogens with two attached hydrogens (primary N) is 1. The molecule has 130 valence electrons. The number of piperidine rings is 1. The summed E-state index contributed by atoms with van der Waals surface area (Å²) in [6.07, 6.45) is 1.63. The van der Waals surface area contributed by atoms with Crippen molar-refractivity contribution in [3.8, 4) is 5.75 Å². The van der Waals surface area contributed by atoms with E-state index in [1.165, 1.54) is 11.3 Å². The zero-order valence-electron chi connectivity index (χ0n) is 12.8. The minimum absolute atomic E-state index is 0. The summed E-state index contributed by atoms with van der Waals surface area (Å²) in [7, 11) is 1.57. The maximum atomic E-state index is 12.6. The molecule has 6 nitrogen and oxygen atoms in total. The van der Waals surface area contributed by atoms with Crippen LogP contribution in [0.2, 0.25) is 0 Å². The SMILES string of the molecule is COc1cc(C(=O)N2CCCC(C(=O)NCCN)C2)sc1Br.Cl. The summed E-state index contributed by atoms with van der Waals surface area (Å²) in [5.41, 5.74) is 5.39. The van der Waals surface area contributed by atoms with E-state index in [0.717, 1.165) is 16.6 Å². The lowest BCUT2D eigenvalue weighted by molar-refractivity contribution is -0.126. The Labute approximate surface area is 154 Å². The van der Waals surface area contributed by atoms with Crippen molar-refractivity contribution < 1.29 is 14.3 Å². The van der Waals surface area contributed by atoms with Gasteiger partial charge in [0, 0.05) is 32.2 Å². The summed E-state index contributed by atoms with van der Waals surface area (Å²) in [4.78, 5) is 27.0. The molecule has 1 aromatic rings. The van der Waals surface area contributed by atoms with Gasteiger partial charge >= 0.3 is 0 Å². The fourth-order valence-electron chi connectivity index (χ4n) is 2.47. The van der Waals surface area contributed by atoms with E-state index < -0.39 is 0 Å². The third-order valence-corrected chi connectivity index (χ3v) is 5.38. The largest absolute Gasteiger partial charge is 0.495 e. The third kappa shape index (κ3) is 5.07. The molecule has 0 saturated carbocycles. The number of amides is 2. The van der Waals surface area contributed by atoms with Gasteiger partial charge < -0.3 is 20.7 Å². The lowest BCUT2D eigenvalue weighted by atomic mass is 9.97. The molecule has 1 saturated heterocycles. The summed E-state index contributed by atoms with van der Waals surface area (Å²) in [6, 6.07) is 1.73. The average Bonchev–Trinajstić information content (AvgIpc) is 2.92. The number of nitrogens with zero attached hydrogens (tertiary/aromatic N) is 1. The van der Waals surface area contributed by atoms with Gasteiger partial charge in [0.25, 0.3) is 5.91 Å². The first-order chi connectivity index (χ1) is 10.6. The van der Waals surface area contributed by atoms with Crippen LogP contribution in [0.25, 0.3) is 0 Å². The Morgan fingerprint density at radius 3 is 2.91 bits per heavy atom. The first kappa shape index (κ1) is 20.2. The van der Waals surface area contributed by atoms with Gasteiger partial charge in [0.15, 0.2) is 0 Å². The van der Waals surface area contributed by atoms with Crippen LogP contribution < -0.4 is 15.8 Å². The highest BCUT2D eigenvalue weighted by atomic mass is 79.9. The number of thiophene rings is 1. The second kappa shape index (κ2) is 9.46. The van der Waals surface area contributed by atoms with Crippen molar-refractivity contribution in [2.45, 2.75) is 12.8 Å². The minimum Gasteiger partial charge on any atom is -0.495 e. The molecular weight excluding hydrogens is 406 g/mol. The number of likely N-dealkylation sites (tertiary alicyclic amines) is 1. The van der Waals surface area contributed by atoms with E-state index in [2.05, 4.69) is 21.2 Å². The molecule has 1 atom stereocenters. The molecular formula is C14H21BrClN3O3S. The molecule has 1 aliphatic heterocycles. The van der Waals surface area contributed by atoms with E-state index in [0.29, 0.717) is 36.8 Å². The number of halogens is 2. The van der Waals surface area contributed by atoms with Crippen molar-refractivity contribution in [3.63, 3.8) is 0 Å². The second-order valence-corrected chi connectivity index (χ2v) is 7.49.